The number of hydrogen-bond acceptors (Lipinski definition) is 10. The number of halogens is 2. The summed E-state index contributed by atoms with van der Waals surface area (Å²) >= 11 is 6.57. The smallest absolute Gasteiger partial charge is 0.277 e. The zero-order valence-electron chi connectivity index (χ0n) is 29.2. The van der Waals surface area contributed by atoms with Crippen LogP contribution in [0.3, 0.4) is 0 Å². The molecule has 4 aliphatic heterocycles. The van der Waals surface area contributed by atoms with E-state index in [9.17, 15) is 29.1 Å². The summed E-state index contributed by atoms with van der Waals surface area (Å²) in [5.41, 5.74) is 1.56. The number of ether oxygens (including phenoxy) is 2. The average Bonchev–Trinajstić information content (AvgIpc) is 3.16. The number of carbonyl (C=O) groups is 3. The van der Waals surface area contributed by atoms with Crippen molar-refractivity contribution in [3.63, 3.8) is 0 Å². The Morgan fingerprint density at radius 2 is 1.06 bits per heavy atom. The van der Waals surface area contributed by atoms with Gasteiger partial charge in [0, 0.05) is 51.4 Å². The molecule has 0 spiro atoms. The minimum Gasteiger partial charge on any atom is -0.482 e. The summed E-state index contributed by atoms with van der Waals surface area (Å²) in [7, 11) is 0. The Bertz CT molecular complexity index is 2180. The van der Waals surface area contributed by atoms with Crippen molar-refractivity contribution in [3.8, 4) is 11.5 Å². The van der Waals surface area contributed by atoms with Crippen LogP contribution < -0.4 is 30.3 Å². The molecule has 16 heteroatoms. The first-order chi connectivity index (χ1) is 26.1. The molecular weight excluding hydrogens is 828 g/mol. The van der Waals surface area contributed by atoms with Crippen LogP contribution >= 0.6 is 31.9 Å². The van der Waals surface area contributed by atoms with E-state index in [4.69, 9.17) is 9.47 Å². The van der Waals surface area contributed by atoms with Gasteiger partial charge in [0.05, 0.1) is 15.0 Å². The number of aromatic nitrogens is 2. The molecule has 2 fully saturated rings. The van der Waals surface area contributed by atoms with Crippen LogP contribution in [-0.4, -0.2) is 87.5 Å². The molecule has 1 unspecified atom stereocenters. The molecule has 1 N–H and O–H groups in total. The Kier molecular flexibility index (Phi) is 11.2. The van der Waals surface area contributed by atoms with Gasteiger partial charge in [-0.05, 0) is 55.8 Å². The van der Waals surface area contributed by atoms with E-state index in [2.05, 4.69) is 31.9 Å². The minimum atomic E-state index is -0.443. The van der Waals surface area contributed by atoms with Crippen molar-refractivity contribution in [1.82, 2.24) is 19.2 Å². The number of amides is 2. The predicted octanol–water partition coefficient (Wildman–Crippen LogP) is 3.60. The van der Waals surface area contributed by atoms with Crippen LogP contribution in [0.2, 0.25) is 0 Å². The summed E-state index contributed by atoms with van der Waals surface area (Å²) in [5, 5.41) is 13.8. The molecule has 0 saturated carbocycles. The van der Waals surface area contributed by atoms with Gasteiger partial charge in [0.1, 0.15) is 32.3 Å². The van der Waals surface area contributed by atoms with Crippen molar-refractivity contribution < 1.29 is 29.0 Å². The maximum Gasteiger partial charge on any atom is 0.277 e. The van der Waals surface area contributed by atoms with Crippen LogP contribution in [0.15, 0.2) is 91.6 Å². The summed E-state index contributed by atoms with van der Waals surface area (Å²) in [6.07, 6.45) is 4.61. The van der Waals surface area contributed by atoms with Crippen LogP contribution in [0.25, 0.3) is 0 Å². The van der Waals surface area contributed by atoms with Gasteiger partial charge in [-0.1, -0.05) is 60.7 Å². The van der Waals surface area contributed by atoms with E-state index in [0.717, 1.165) is 11.1 Å². The number of carbonyl (C=O) groups excluding carboxylic acids is 3. The van der Waals surface area contributed by atoms with Crippen molar-refractivity contribution in [2.24, 2.45) is 0 Å². The summed E-state index contributed by atoms with van der Waals surface area (Å²) in [5.74, 6) is -0.350. The van der Waals surface area contributed by atoms with Gasteiger partial charge in [0.25, 0.3) is 11.8 Å². The molecule has 2 aromatic heterocycles. The lowest BCUT2D eigenvalue weighted by Gasteiger charge is -2.42. The zero-order valence-corrected chi connectivity index (χ0v) is 32.4. The van der Waals surface area contributed by atoms with Crippen LogP contribution in [0.5, 0.6) is 11.5 Å². The van der Waals surface area contributed by atoms with Crippen molar-refractivity contribution in [1.29, 1.82) is 0 Å². The quantitative estimate of drug-likeness (QED) is 0.305. The van der Waals surface area contributed by atoms with Gasteiger partial charge in [-0.3, -0.25) is 43.3 Å². The van der Waals surface area contributed by atoms with Crippen molar-refractivity contribution in [2.45, 2.75) is 45.0 Å². The zero-order chi connectivity index (χ0) is 37.9. The highest BCUT2D eigenvalue weighted by atomic mass is 79.9. The Morgan fingerprint density at radius 1 is 0.611 bits per heavy atom. The lowest BCUT2D eigenvalue weighted by Crippen LogP contribution is -2.56. The summed E-state index contributed by atoms with van der Waals surface area (Å²) in [4.78, 5) is 66.6. The fourth-order valence-corrected chi connectivity index (χ4v) is 7.46. The fraction of sp³-hybridized carbons (Fsp3) is 0.342. The normalized spacial score (nSPS) is 18.0. The molecule has 2 aromatic carbocycles. The SMILES string of the molecule is O=C1CCN2CN(CC1)n1cc(Br)c(=O)c(OCc3ccccc3)c1C2=O.O=C1c2c(OCc3ccccc3)c(=O)c(Br)cn2N2CCC(O)CCN1C2. The first-order valence-corrected chi connectivity index (χ1v) is 19.2. The second-order valence-electron chi connectivity index (χ2n) is 13.4. The Balaban J connectivity index is 0.000000167. The molecule has 2 saturated heterocycles. The van der Waals surface area contributed by atoms with Gasteiger partial charge >= 0.3 is 0 Å². The molecule has 4 bridgehead atoms. The number of pyridine rings is 2. The largest absolute Gasteiger partial charge is 0.482 e. The molecule has 0 aliphatic carbocycles. The molecule has 14 nitrogen and oxygen atoms in total. The molecule has 1 atom stereocenters. The van der Waals surface area contributed by atoms with Gasteiger partial charge < -0.3 is 24.4 Å². The van der Waals surface area contributed by atoms with E-state index in [1.165, 1.54) is 0 Å². The lowest BCUT2D eigenvalue weighted by atomic mass is 10.1. The van der Waals surface area contributed by atoms with Crippen LogP contribution in [0, 0.1) is 0 Å². The van der Waals surface area contributed by atoms with Crippen molar-refractivity contribution in [2.75, 3.05) is 49.5 Å². The van der Waals surface area contributed by atoms with Crippen LogP contribution in [-0.2, 0) is 18.0 Å². The molecule has 8 rings (SSSR count). The highest BCUT2D eigenvalue weighted by Crippen LogP contribution is 2.28. The first kappa shape index (κ1) is 37.4. The summed E-state index contributed by atoms with van der Waals surface area (Å²) in [6.45, 7) is 3.03. The number of nitrogens with zero attached hydrogens (tertiary/aromatic N) is 6. The summed E-state index contributed by atoms with van der Waals surface area (Å²) < 4.78 is 15.6. The topological polar surface area (TPSA) is 147 Å². The van der Waals surface area contributed by atoms with E-state index in [1.54, 1.807) is 31.5 Å². The van der Waals surface area contributed by atoms with Crippen LogP contribution in [0.1, 0.15) is 57.8 Å². The number of benzene rings is 2. The maximum absolute atomic E-state index is 13.1. The number of aliphatic hydroxyl groups is 1. The maximum atomic E-state index is 13.1. The number of rotatable bonds is 6. The molecule has 4 aliphatic rings. The third-order valence-electron chi connectivity index (χ3n) is 9.68. The van der Waals surface area contributed by atoms with E-state index in [-0.39, 0.29) is 64.6 Å². The molecule has 6 heterocycles. The van der Waals surface area contributed by atoms with E-state index >= 15 is 0 Å². The predicted molar refractivity (Wildman–Crippen MR) is 206 cm³/mol. The molecule has 0 radical (unpaired) electrons. The molecule has 54 heavy (non-hydrogen) atoms. The number of hydrogen-bond donors (Lipinski definition) is 1. The minimum absolute atomic E-state index is 0.0276. The lowest BCUT2D eigenvalue weighted by molar-refractivity contribution is -0.119. The van der Waals surface area contributed by atoms with Crippen LogP contribution in [0.4, 0.5) is 0 Å². The van der Waals surface area contributed by atoms with Gasteiger partial charge in [-0.25, -0.2) is 0 Å². The van der Waals surface area contributed by atoms with E-state index in [1.807, 2.05) is 70.7 Å². The molecule has 4 aromatic rings. The highest BCUT2D eigenvalue weighted by molar-refractivity contribution is 9.10. The number of fused-ring (bicyclic) bond motifs is 8. The highest BCUT2D eigenvalue weighted by Gasteiger charge is 2.37. The van der Waals surface area contributed by atoms with E-state index < -0.39 is 6.10 Å². The molecule has 282 valence electrons. The number of ketones is 1. The standard InChI is InChI=1S/C19H20BrN3O4.C19H18BrN3O4/c2*20-15-10-23-16(18(17(15)25)27-11-13-4-2-1-3-5-13)19(26)21-8-6-14(24)7-9-22(23)12-21/h1-5,10,14,24H,6-9,11-12H2;1-5,10H,6-9,11-12H2. The average molecular weight is 867 g/mol. The molecule has 2 amide bonds. The number of Topliss-reactive ketones (excluding diaryl/α,β-unsaturated/α-hetero) is 1. The van der Waals surface area contributed by atoms with Gasteiger partial charge in [-0.15, -0.1) is 0 Å². The second kappa shape index (κ2) is 16.2. The third-order valence-corrected chi connectivity index (χ3v) is 10.8. The van der Waals surface area contributed by atoms with Gasteiger partial charge in [0.15, 0.2) is 22.9 Å². The Hall–Kier alpha value is -4.93. The fourth-order valence-electron chi connectivity index (χ4n) is 6.71. The van der Waals surface area contributed by atoms with Gasteiger partial charge in [-0.2, -0.15) is 0 Å². The van der Waals surface area contributed by atoms with Gasteiger partial charge in [0.2, 0.25) is 10.9 Å². The van der Waals surface area contributed by atoms with Crippen molar-refractivity contribution in [3.05, 3.63) is 125 Å². The Labute approximate surface area is 327 Å². The Morgan fingerprint density at radius 3 is 1.57 bits per heavy atom. The van der Waals surface area contributed by atoms with E-state index in [0.29, 0.717) is 74.1 Å². The summed E-state index contributed by atoms with van der Waals surface area (Å²) in [6, 6.07) is 19.0. The number of aliphatic hydroxyl groups excluding tert-OH is 1. The first-order valence-electron chi connectivity index (χ1n) is 17.6. The van der Waals surface area contributed by atoms with Crippen molar-refractivity contribution >= 4 is 49.5 Å². The monoisotopic (exact) mass is 864 g/mol. The third kappa shape index (κ3) is 7.81. The molecular formula is C38H38Br2N6O8. The second-order valence-corrected chi connectivity index (χ2v) is 15.1.